The van der Waals surface area contributed by atoms with E-state index in [2.05, 4.69) is 106 Å². The molecular formula is C38H40O3Si. The topological polar surface area (TPSA) is 38.7 Å². The van der Waals surface area contributed by atoms with Gasteiger partial charge in [-0.2, -0.15) is 0 Å². The second-order valence-corrected chi connectivity index (χ2v) is 16.0. The second kappa shape index (κ2) is 13.0. The van der Waals surface area contributed by atoms with E-state index in [4.69, 9.17) is 9.16 Å². The van der Waals surface area contributed by atoms with E-state index < -0.39 is 20.0 Å². The Hall–Kier alpha value is -3.80. The van der Waals surface area contributed by atoms with Crippen LogP contribution >= 0.6 is 0 Å². The van der Waals surface area contributed by atoms with Gasteiger partial charge in [0.05, 0.1) is 19.3 Å². The van der Waals surface area contributed by atoms with E-state index in [-0.39, 0.29) is 18.3 Å². The van der Waals surface area contributed by atoms with Gasteiger partial charge in [-0.15, -0.1) is 0 Å². The minimum absolute atomic E-state index is 0.0941. The number of rotatable bonds is 11. The van der Waals surface area contributed by atoms with E-state index in [0.717, 1.165) is 16.7 Å². The molecule has 0 saturated heterocycles. The van der Waals surface area contributed by atoms with Crippen LogP contribution in [0.25, 0.3) is 0 Å². The molecule has 0 unspecified atom stereocenters. The van der Waals surface area contributed by atoms with Crippen molar-refractivity contribution in [3.8, 4) is 0 Å². The van der Waals surface area contributed by atoms with Gasteiger partial charge >= 0.3 is 0 Å². The highest BCUT2D eigenvalue weighted by atomic mass is 28.4. The zero-order valence-electron chi connectivity index (χ0n) is 24.7. The lowest BCUT2D eigenvalue weighted by Gasteiger charge is -2.43. The zero-order valence-corrected chi connectivity index (χ0v) is 25.7. The molecule has 214 valence electrons. The van der Waals surface area contributed by atoms with Crippen molar-refractivity contribution in [2.75, 3.05) is 13.2 Å². The van der Waals surface area contributed by atoms with Crippen LogP contribution in [0.1, 0.15) is 37.5 Å². The van der Waals surface area contributed by atoms with E-state index >= 15 is 0 Å². The fraction of sp³-hybridized carbons (Fsp3) is 0.211. The van der Waals surface area contributed by atoms with Crippen molar-refractivity contribution in [3.63, 3.8) is 0 Å². The first kappa shape index (κ1) is 29.7. The molecular weight excluding hydrogens is 533 g/mol. The van der Waals surface area contributed by atoms with E-state index in [1.807, 2.05) is 66.7 Å². The molecule has 5 rings (SSSR count). The summed E-state index contributed by atoms with van der Waals surface area (Å²) in [6, 6.07) is 51.8. The molecule has 1 atom stereocenters. The number of aliphatic hydroxyl groups is 1. The summed E-state index contributed by atoms with van der Waals surface area (Å²) < 4.78 is 13.9. The molecule has 3 nitrogen and oxygen atoms in total. The van der Waals surface area contributed by atoms with Crippen LogP contribution in [0.15, 0.2) is 152 Å². The Balaban J connectivity index is 1.49. The molecule has 0 bridgehead atoms. The zero-order chi connectivity index (χ0) is 29.5. The number of hydrogen-bond donors (Lipinski definition) is 1. The summed E-state index contributed by atoms with van der Waals surface area (Å²) in [5.74, 6) is 0. The summed E-state index contributed by atoms with van der Waals surface area (Å²) in [4.78, 5) is 0. The lowest BCUT2D eigenvalue weighted by Crippen LogP contribution is -2.67. The fourth-order valence-corrected chi connectivity index (χ4v) is 10.6. The molecule has 0 fully saturated rings. The molecule has 0 heterocycles. The lowest BCUT2D eigenvalue weighted by atomic mass is 9.80. The smallest absolute Gasteiger partial charge is 0.261 e. The van der Waals surface area contributed by atoms with Gasteiger partial charge in [-0.1, -0.05) is 172 Å². The summed E-state index contributed by atoms with van der Waals surface area (Å²) in [5.41, 5.74) is 2.11. The highest BCUT2D eigenvalue weighted by Gasteiger charge is 2.50. The van der Waals surface area contributed by atoms with Gasteiger partial charge in [0.25, 0.3) is 8.32 Å². The number of hydrogen-bond acceptors (Lipinski definition) is 3. The first-order chi connectivity index (χ1) is 20.4. The largest absolute Gasteiger partial charge is 0.405 e. The minimum atomic E-state index is -2.79. The van der Waals surface area contributed by atoms with Crippen molar-refractivity contribution in [1.82, 2.24) is 0 Å². The number of benzene rings is 5. The molecule has 0 aliphatic carbocycles. The lowest BCUT2D eigenvalue weighted by molar-refractivity contribution is -0.0504. The Labute approximate surface area is 251 Å². The van der Waals surface area contributed by atoms with Crippen molar-refractivity contribution >= 4 is 18.7 Å². The highest BCUT2D eigenvalue weighted by Crippen LogP contribution is 2.41. The Morgan fingerprint density at radius 1 is 0.524 bits per heavy atom. The standard InChI is InChI=1S/C38H40O3Si/c1-37(2,3)42(35-25-15-7-16-26-35,36-27-17-8-18-28-36)41-30-34(39)29-40-38(31-19-9-4-10-20-31,32-21-11-5-12-22-32)33-23-13-6-14-24-33/h4-28,34,39H,29-30H2,1-3H3/t34-/m1/s1. The quantitative estimate of drug-likeness (QED) is 0.138. The molecule has 0 aliphatic rings. The van der Waals surface area contributed by atoms with Gasteiger partial charge < -0.3 is 14.3 Å². The molecule has 0 spiro atoms. The van der Waals surface area contributed by atoms with E-state index in [0.29, 0.717) is 0 Å². The van der Waals surface area contributed by atoms with Gasteiger partial charge in [0.15, 0.2) is 0 Å². The average molecular weight is 573 g/mol. The van der Waals surface area contributed by atoms with Gasteiger partial charge in [-0.05, 0) is 32.1 Å². The summed E-state index contributed by atoms with van der Waals surface area (Å²) in [6.07, 6.45) is -0.845. The van der Waals surface area contributed by atoms with E-state index in [9.17, 15) is 5.11 Å². The molecule has 4 heteroatoms. The van der Waals surface area contributed by atoms with Gasteiger partial charge in [0.2, 0.25) is 0 Å². The Kier molecular flexibility index (Phi) is 9.20. The van der Waals surface area contributed by atoms with Crippen LogP contribution in [-0.2, 0) is 14.8 Å². The van der Waals surface area contributed by atoms with Gasteiger partial charge in [-0.25, -0.2) is 0 Å². The first-order valence-corrected chi connectivity index (χ1v) is 16.5. The third kappa shape index (κ3) is 5.90. The molecule has 0 amide bonds. The average Bonchev–Trinajstić information content (AvgIpc) is 3.04. The summed E-state index contributed by atoms with van der Waals surface area (Å²) in [7, 11) is -2.79. The van der Waals surface area contributed by atoms with E-state index in [1.165, 1.54) is 10.4 Å². The number of ether oxygens (including phenoxy) is 1. The number of aliphatic hydroxyl groups excluding tert-OH is 1. The maximum atomic E-state index is 11.5. The SMILES string of the molecule is CC(C)(C)[Si](OC[C@H](O)COC(c1ccccc1)(c1ccccc1)c1ccccc1)(c1ccccc1)c1ccccc1. The van der Waals surface area contributed by atoms with Gasteiger partial charge in [-0.3, -0.25) is 0 Å². The van der Waals surface area contributed by atoms with Crippen LogP contribution in [0.5, 0.6) is 0 Å². The maximum absolute atomic E-state index is 11.5. The van der Waals surface area contributed by atoms with Crippen LogP contribution in [0.4, 0.5) is 0 Å². The summed E-state index contributed by atoms with van der Waals surface area (Å²) in [6.45, 7) is 6.98. The molecule has 5 aromatic carbocycles. The molecule has 5 aromatic rings. The molecule has 42 heavy (non-hydrogen) atoms. The molecule has 0 saturated carbocycles. The van der Waals surface area contributed by atoms with Crippen LogP contribution in [0.3, 0.4) is 0 Å². The van der Waals surface area contributed by atoms with Crippen molar-refractivity contribution in [3.05, 3.63) is 168 Å². The van der Waals surface area contributed by atoms with Crippen molar-refractivity contribution in [2.24, 2.45) is 0 Å². The Bertz CT molecular complexity index is 1370. The van der Waals surface area contributed by atoms with Crippen LogP contribution in [0, 0.1) is 0 Å². The molecule has 0 radical (unpaired) electrons. The predicted octanol–water partition coefficient (Wildman–Crippen LogP) is 6.93. The van der Waals surface area contributed by atoms with Crippen LogP contribution in [-0.4, -0.2) is 32.7 Å². The Morgan fingerprint density at radius 3 is 1.19 bits per heavy atom. The van der Waals surface area contributed by atoms with E-state index in [1.54, 1.807) is 0 Å². The van der Waals surface area contributed by atoms with Crippen molar-refractivity contribution < 1.29 is 14.3 Å². The predicted molar refractivity (Wildman–Crippen MR) is 175 cm³/mol. The third-order valence-electron chi connectivity index (χ3n) is 7.94. The fourth-order valence-electron chi connectivity index (χ4n) is 6.02. The summed E-state index contributed by atoms with van der Waals surface area (Å²) in [5, 5.41) is 13.7. The summed E-state index contributed by atoms with van der Waals surface area (Å²) >= 11 is 0. The molecule has 0 aromatic heterocycles. The first-order valence-electron chi connectivity index (χ1n) is 14.6. The third-order valence-corrected chi connectivity index (χ3v) is 12.9. The van der Waals surface area contributed by atoms with Crippen LogP contribution in [0.2, 0.25) is 5.04 Å². The molecule has 1 N–H and O–H groups in total. The van der Waals surface area contributed by atoms with Gasteiger partial charge in [0, 0.05) is 0 Å². The second-order valence-electron chi connectivity index (χ2n) is 11.7. The monoisotopic (exact) mass is 572 g/mol. The normalized spacial score (nSPS) is 13.0. The van der Waals surface area contributed by atoms with Crippen molar-refractivity contribution in [1.29, 1.82) is 0 Å². The van der Waals surface area contributed by atoms with Crippen LogP contribution < -0.4 is 10.4 Å². The maximum Gasteiger partial charge on any atom is 0.261 e. The molecule has 0 aliphatic heterocycles. The highest BCUT2D eigenvalue weighted by molar-refractivity contribution is 6.99. The minimum Gasteiger partial charge on any atom is -0.405 e. The van der Waals surface area contributed by atoms with Crippen molar-refractivity contribution in [2.45, 2.75) is 37.5 Å². The van der Waals surface area contributed by atoms with Gasteiger partial charge in [0.1, 0.15) is 5.60 Å². The Morgan fingerprint density at radius 2 is 0.857 bits per heavy atom.